The van der Waals surface area contributed by atoms with Gasteiger partial charge in [0.2, 0.25) is 0 Å². The van der Waals surface area contributed by atoms with Gasteiger partial charge in [-0.25, -0.2) is 10.8 Å². The highest BCUT2D eigenvalue weighted by atomic mass is 35.5. The van der Waals surface area contributed by atoms with Gasteiger partial charge in [0.05, 0.1) is 17.3 Å². The summed E-state index contributed by atoms with van der Waals surface area (Å²) in [6, 6.07) is 3.54. The summed E-state index contributed by atoms with van der Waals surface area (Å²) < 4.78 is 10.2. The number of nitrogens with zero attached hydrogens (tertiary/aromatic N) is 2. The van der Waals surface area contributed by atoms with E-state index in [4.69, 9.17) is 26.9 Å². The Kier molecular flexibility index (Phi) is 8.48. The van der Waals surface area contributed by atoms with Crippen molar-refractivity contribution in [1.82, 2.24) is 9.88 Å². The van der Waals surface area contributed by atoms with Crippen LogP contribution in [0.25, 0.3) is 0 Å². The van der Waals surface area contributed by atoms with Crippen molar-refractivity contribution < 1.29 is 9.47 Å². The molecule has 1 heterocycles. The molecule has 1 rings (SSSR count). The predicted octanol–water partition coefficient (Wildman–Crippen LogP) is 1.51. The highest BCUT2D eigenvalue weighted by Gasteiger charge is 2.10. The van der Waals surface area contributed by atoms with E-state index >= 15 is 0 Å². The maximum Gasteiger partial charge on any atom is 0.140 e. The lowest BCUT2D eigenvalue weighted by Gasteiger charge is -2.22. The number of pyridine rings is 1. The molecule has 0 aliphatic carbocycles. The van der Waals surface area contributed by atoms with Crippen molar-refractivity contribution >= 4 is 17.4 Å². The summed E-state index contributed by atoms with van der Waals surface area (Å²) in [4.78, 5) is 6.62. The number of ether oxygens (including phenoxy) is 2. The third-order valence-corrected chi connectivity index (χ3v) is 3.22. The predicted molar refractivity (Wildman–Crippen MR) is 80.7 cm³/mol. The van der Waals surface area contributed by atoms with Gasteiger partial charge in [-0.15, -0.1) is 0 Å². The average molecular weight is 303 g/mol. The number of hydrazine groups is 1. The minimum Gasteiger partial charge on any atom is -0.385 e. The third kappa shape index (κ3) is 6.02. The number of halogens is 1. The molecule has 0 amide bonds. The Morgan fingerprint density at radius 2 is 2.00 bits per heavy atom. The normalized spacial score (nSPS) is 11.1. The Hall–Kier alpha value is -0.920. The second-order valence-electron chi connectivity index (χ2n) is 4.38. The highest BCUT2D eigenvalue weighted by Crippen LogP contribution is 2.18. The van der Waals surface area contributed by atoms with Gasteiger partial charge in [0, 0.05) is 40.5 Å². The summed E-state index contributed by atoms with van der Waals surface area (Å²) in [5.41, 5.74) is 3.33. The SMILES string of the molecule is COCCCN(CCOC)Cc1nc(NN)ccc1Cl. The molecule has 0 saturated heterocycles. The van der Waals surface area contributed by atoms with E-state index in [1.165, 1.54) is 0 Å². The molecule has 20 heavy (non-hydrogen) atoms. The number of methoxy groups -OCH3 is 2. The number of nitrogens with two attached hydrogens (primary N) is 1. The van der Waals surface area contributed by atoms with Crippen LogP contribution >= 0.6 is 11.6 Å². The first kappa shape index (κ1) is 17.1. The molecule has 0 fully saturated rings. The van der Waals surface area contributed by atoms with E-state index in [9.17, 15) is 0 Å². The molecular weight excluding hydrogens is 280 g/mol. The van der Waals surface area contributed by atoms with E-state index in [2.05, 4.69) is 15.3 Å². The van der Waals surface area contributed by atoms with E-state index in [1.807, 2.05) is 0 Å². The van der Waals surface area contributed by atoms with Crippen molar-refractivity contribution in [3.8, 4) is 0 Å². The summed E-state index contributed by atoms with van der Waals surface area (Å²) in [7, 11) is 3.39. The molecule has 1 aromatic rings. The van der Waals surface area contributed by atoms with Crippen LogP contribution in [0.2, 0.25) is 5.02 Å². The highest BCUT2D eigenvalue weighted by molar-refractivity contribution is 6.31. The summed E-state index contributed by atoms with van der Waals surface area (Å²) in [6.45, 7) is 3.77. The maximum atomic E-state index is 6.18. The second kappa shape index (κ2) is 9.90. The van der Waals surface area contributed by atoms with Crippen LogP contribution < -0.4 is 11.3 Å². The van der Waals surface area contributed by atoms with Crippen LogP contribution in [0.3, 0.4) is 0 Å². The van der Waals surface area contributed by atoms with Crippen LogP contribution in [0.5, 0.6) is 0 Å². The molecule has 3 N–H and O–H groups in total. The molecule has 114 valence electrons. The Morgan fingerprint density at radius 1 is 1.25 bits per heavy atom. The molecule has 0 aliphatic rings. The van der Waals surface area contributed by atoms with E-state index in [-0.39, 0.29) is 0 Å². The van der Waals surface area contributed by atoms with Gasteiger partial charge in [-0.2, -0.15) is 0 Å². The molecule has 7 heteroatoms. The smallest absolute Gasteiger partial charge is 0.140 e. The van der Waals surface area contributed by atoms with Crippen LogP contribution in [0, 0.1) is 0 Å². The largest absolute Gasteiger partial charge is 0.385 e. The number of hydrogen-bond donors (Lipinski definition) is 2. The summed E-state index contributed by atoms with van der Waals surface area (Å²) in [5, 5.41) is 0.637. The zero-order chi connectivity index (χ0) is 14.8. The van der Waals surface area contributed by atoms with Crippen molar-refractivity contribution in [3.05, 3.63) is 22.8 Å². The van der Waals surface area contributed by atoms with Gasteiger partial charge < -0.3 is 14.9 Å². The number of nitrogen functional groups attached to an aromatic ring is 1. The first-order chi connectivity index (χ1) is 9.71. The standard InChI is InChI=1S/C13H23ClN4O2/c1-19-8-3-6-18(7-9-20-2)10-12-11(14)4-5-13(16-12)17-15/h4-5H,3,6-10,15H2,1-2H3,(H,16,17). The Labute approximate surface area is 125 Å². The molecule has 0 saturated carbocycles. The lowest BCUT2D eigenvalue weighted by Crippen LogP contribution is -2.29. The van der Waals surface area contributed by atoms with Crippen LogP contribution in [-0.2, 0) is 16.0 Å². The fourth-order valence-electron chi connectivity index (χ4n) is 1.81. The third-order valence-electron chi connectivity index (χ3n) is 2.87. The Bertz CT molecular complexity index is 393. The first-order valence-corrected chi connectivity index (χ1v) is 6.91. The van der Waals surface area contributed by atoms with E-state index < -0.39 is 0 Å². The Morgan fingerprint density at radius 3 is 2.65 bits per heavy atom. The van der Waals surface area contributed by atoms with Crippen molar-refractivity contribution in [2.45, 2.75) is 13.0 Å². The molecule has 0 aliphatic heterocycles. The number of aromatic nitrogens is 1. The Balaban J connectivity index is 2.66. The van der Waals surface area contributed by atoms with E-state index in [0.29, 0.717) is 24.0 Å². The molecule has 0 bridgehead atoms. The fourth-order valence-corrected chi connectivity index (χ4v) is 1.98. The first-order valence-electron chi connectivity index (χ1n) is 6.53. The summed E-state index contributed by atoms with van der Waals surface area (Å²) in [6.07, 6.45) is 0.951. The quantitative estimate of drug-likeness (QED) is 0.388. The zero-order valence-electron chi connectivity index (χ0n) is 12.1. The topological polar surface area (TPSA) is 72.6 Å². The van der Waals surface area contributed by atoms with E-state index in [1.54, 1.807) is 26.4 Å². The lowest BCUT2D eigenvalue weighted by atomic mass is 10.3. The van der Waals surface area contributed by atoms with Gasteiger partial charge >= 0.3 is 0 Å². The van der Waals surface area contributed by atoms with Gasteiger partial charge in [0.25, 0.3) is 0 Å². The van der Waals surface area contributed by atoms with Crippen LogP contribution in [0.15, 0.2) is 12.1 Å². The lowest BCUT2D eigenvalue weighted by molar-refractivity contribution is 0.128. The number of anilines is 1. The minimum atomic E-state index is 0.605. The maximum absolute atomic E-state index is 6.18. The monoisotopic (exact) mass is 302 g/mol. The number of nitrogens with one attached hydrogen (secondary N) is 1. The number of hydrogen-bond acceptors (Lipinski definition) is 6. The van der Waals surface area contributed by atoms with Crippen LogP contribution in [0.1, 0.15) is 12.1 Å². The van der Waals surface area contributed by atoms with Gasteiger partial charge in [-0.05, 0) is 18.6 Å². The molecule has 0 unspecified atom stereocenters. The molecule has 6 nitrogen and oxygen atoms in total. The van der Waals surface area contributed by atoms with Crippen LogP contribution in [-0.4, -0.2) is 50.4 Å². The van der Waals surface area contributed by atoms with Gasteiger partial charge in [0.1, 0.15) is 5.82 Å². The number of rotatable bonds is 10. The van der Waals surface area contributed by atoms with Crippen LogP contribution in [0.4, 0.5) is 5.82 Å². The fraction of sp³-hybridized carbons (Fsp3) is 0.615. The molecule has 1 aromatic heterocycles. The van der Waals surface area contributed by atoms with Crippen molar-refractivity contribution in [2.75, 3.05) is 45.9 Å². The minimum absolute atomic E-state index is 0.605. The summed E-state index contributed by atoms with van der Waals surface area (Å²) >= 11 is 6.18. The van der Waals surface area contributed by atoms with Gasteiger partial charge in [0.15, 0.2) is 0 Å². The second-order valence-corrected chi connectivity index (χ2v) is 4.79. The van der Waals surface area contributed by atoms with Crippen molar-refractivity contribution in [2.24, 2.45) is 5.84 Å². The molecule has 0 radical (unpaired) electrons. The molecule has 0 spiro atoms. The van der Waals surface area contributed by atoms with Crippen molar-refractivity contribution in [1.29, 1.82) is 0 Å². The molecular formula is C13H23ClN4O2. The van der Waals surface area contributed by atoms with Gasteiger partial charge in [-0.1, -0.05) is 11.6 Å². The van der Waals surface area contributed by atoms with E-state index in [0.717, 1.165) is 31.8 Å². The molecule has 0 aromatic carbocycles. The van der Waals surface area contributed by atoms with Crippen molar-refractivity contribution in [3.63, 3.8) is 0 Å². The molecule has 0 atom stereocenters. The average Bonchev–Trinajstić information content (AvgIpc) is 2.46. The zero-order valence-corrected chi connectivity index (χ0v) is 12.8. The summed E-state index contributed by atoms with van der Waals surface area (Å²) in [5.74, 6) is 5.98. The van der Waals surface area contributed by atoms with Gasteiger partial charge in [-0.3, -0.25) is 4.90 Å².